The van der Waals surface area contributed by atoms with Crippen LogP contribution < -0.4 is 0 Å². The van der Waals surface area contributed by atoms with Crippen LogP contribution in [0.3, 0.4) is 0 Å². The fourth-order valence-corrected chi connectivity index (χ4v) is 4.49. The first kappa shape index (κ1) is 21.4. The van der Waals surface area contributed by atoms with Crippen molar-refractivity contribution in [1.29, 1.82) is 0 Å². The van der Waals surface area contributed by atoms with Gasteiger partial charge in [0.1, 0.15) is 0 Å². The summed E-state index contributed by atoms with van der Waals surface area (Å²) in [7, 11) is 1.33. The first-order valence-electron chi connectivity index (χ1n) is 9.55. The van der Waals surface area contributed by atoms with Crippen LogP contribution in [0.1, 0.15) is 82.7 Å². The summed E-state index contributed by atoms with van der Waals surface area (Å²) < 4.78 is 5.62. The minimum Gasteiger partial charge on any atom is -0.465 e. The number of fused-ring (bicyclic) bond motifs is 2. The number of rotatable bonds is 1. The summed E-state index contributed by atoms with van der Waals surface area (Å²) in [6.45, 7) is 8.30. The molecule has 4 nitrogen and oxygen atoms in total. The van der Waals surface area contributed by atoms with Crippen molar-refractivity contribution in [2.75, 3.05) is 7.11 Å². The van der Waals surface area contributed by atoms with Gasteiger partial charge in [-0.25, -0.2) is 4.79 Å². The number of hydrogen-bond donors (Lipinski definition) is 0. The van der Waals surface area contributed by atoms with Crippen molar-refractivity contribution in [2.45, 2.75) is 51.4 Å². The minimum atomic E-state index is -0.402. The van der Waals surface area contributed by atoms with Crippen LogP contribution in [0.2, 0.25) is 0 Å². The van der Waals surface area contributed by atoms with Crippen molar-refractivity contribution >= 4 is 33.5 Å². The third kappa shape index (κ3) is 4.06. The Morgan fingerprint density at radius 2 is 1.34 bits per heavy atom. The zero-order valence-corrected chi connectivity index (χ0v) is 19.0. The van der Waals surface area contributed by atoms with Gasteiger partial charge in [0.15, 0.2) is 11.6 Å². The molecule has 29 heavy (non-hydrogen) atoms. The summed E-state index contributed by atoms with van der Waals surface area (Å²) in [5.41, 5.74) is 4.08. The molecule has 0 aliphatic heterocycles. The van der Waals surface area contributed by atoms with Gasteiger partial charge in [0.2, 0.25) is 0 Å². The smallest absolute Gasteiger partial charge is 0.337 e. The standard InChI is InChI=1S/C13H14O3.C11H11BrO/c1-13(2)7-11(14)9-6-8(12(15)16-3)4-5-10(9)13;1-11(2)6-10(13)8-5-7(12)3-4-9(8)11/h4-6H,7H2,1-3H3;3-5H,6H2,1-2H3. The summed E-state index contributed by atoms with van der Waals surface area (Å²) in [4.78, 5) is 34.8. The van der Waals surface area contributed by atoms with E-state index in [1.165, 1.54) is 12.7 Å². The topological polar surface area (TPSA) is 60.4 Å². The minimum absolute atomic E-state index is 0.0209. The van der Waals surface area contributed by atoms with Crippen molar-refractivity contribution in [3.63, 3.8) is 0 Å². The maximum atomic E-state index is 11.8. The summed E-state index contributed by atoms with van der Waals surface area (Å²) in [5.74, 6) is -0.0349. The van der Waals surface area contributed by atoms with Gasteiger partial charge in [-0.2, -0.15) is 0 Å². The molecular formula is C24H25BrO4. The molecule has 152 valence electrons. The molecule has 2 aliphatic rings. The molecule has 0 fully saturated rings. The van der Waals surface area contributed by atoms with E-state index in [4.69, 9.17) is 0 Å². The highest BCUT2D eigenvalue weighted by molar-refractivity contribution is 9.10. The first-order chi connectivity index (χ1) is 13.5. The zero-order valence-electron chi connectivity index (χ0n) is 17.4. The average molecular weight is 457 g/mol. The van der Waals surface area contributed by atoms with E-state index in [-0.39, 0.29) is 22.4 Å². The van der Waals surface area contributed by atoms with E-state index in [9.17, 15) is 14.4 Å². The van der Waals surface area contributed by atoms with Crippen molar-refractivity contribution in [1.82, 2.24) is 0 Å². The fraction of sp³-hybridized carbons (Fsp3) is 0.375. The third-order valence-electron chi connectivity index (χ3n) is 5.69. The molecule has 0 N–H and O–H groups in total. The maximum absolute atomic E-state index is 11.8. The Morgan fingerprint density at radius 1 is 0.862 bits per heavy atom. The average Bonchev–Trinajstić information content (AvgIpc) is 3.02. The molecule has 0 saturated heterocycles. The Morgan fingerprint density at radius 3 is 1.86 bits per heavy atom. The molecule has 0 bridgehead atoms. The highest BCUT2D eigenvalue weighted by Gasteiger charge is 2.36. The van der Waals surface area contributed by atoms with Crippen LogP contribution in [-0.2, 0) is 15.6 Å². The van der Waals surface area contributed by atoms with Crippen LogP contribution in [0.4, 0.5) is 0 Å². The third-order valence-corrected chi connectivity index (χ3v) is 6.18. The predicted octanol–water partition coefficient (Wildman–Crippen LogP) is 5.65. The van der Waals surface area contributed by atoms with Crippen LogP contribution in [0.25, 0.3) is 0 Å². The number of Topliss-reactive ketones (excluding diaryl/α,β-unsaturated/α-hetero) is 2. The summed E-state index contributed by atoms with van der Waals surface area (Å²) in [5, 5.41) is 0. The molecule has 0 aromatic heterocycles. The zero-order chi connectivity index (χ0) is 21.6. The molecule has 5 heteroatoms. The number of carbonyl (C=O) groups excluding carboxylic acids is 3. The monoisotopic (exact) mass is 456 g/mol. The molecule has 0 radical (unpaired) electrons. The van der Waals surface area contributed by atoms with Gasteiger partial charge >= 0.3 is 5.97 Å². The van der Waals surface area contributed by atoms with Crippen LogP contribution in [0.15, 0.2) is 40.9 Å². The van der Waals surface area contributed by atoms with Crippen molar-refractivity contribution in [3.05, 3.63) is 68.7 Å². The Hall–Kier alpha value is -2.27. The second-order valence-corrected chi connectivity index (χ2v) is 9.83. The molecule has 2 aliphatic carbocycles. The van der Waals surface area contributed by atoms with Gasteiger partial charge in [0.25, 0.3) is 0 Å². The lowest BCUT2D eigenvalue weighted by atomic mass is 9.86. The van der Waals surface area contributed by atoms with Gasteiger partial charge in [0.05, 0.1) is 12.7 Å². The van der Waals surface area contributed by atoms with Crippen LogP contribution in [0.5, 0.6) is 0 Å². The van der Waals surface area contributed by atoms with E-state index >= 15 is 0 Å². The van der Waals surface area contributed by atoms with Gasteiger partial charge in [0, 0.05) is 28.4 Å². The van der Waals surface area contributed by atoms with E-state index in [1.54, 1.807) is 12.1 Å². The number of ether oxygens (including phenoxy) is 1. The Bertz CT molecular complexity index is 1020. The Balaban J connectivity index is 0.000000169. The summed E-state index contributed by atoms with van der Waals surface area (Å²) in [6.07, 6.45) is 1.14. The second kappa shape index (κ2) is 7.52. The van der Waals surface area contributed by atoms with Crippen LogP contribution in [-0.4, -0.2) is 24.6 Å². The maximum Gasteiger partial charge on any atom is 0.337 e. The number of carbonyl (C=O) groups is 3. The van der Waals surface area contributed by atoms with Gasteiger partial charge in [-0.15, -0.1) is 0 Å². The molecule has 0 amide bonds. The van der Waals surface area contributed by atoms with Gasteiger partial charge < -0.3 is 4.74 Å². The first-order valence-corrected chi connectivity index (χ1v) is 10.3. The number of methoxy groups -OCH3 is 1. The van der Waals surface area contributed by atoms with Gasteiger partial charge in [-0.3, -0.25) is 9.59 Å². The molecule has 4 rings (SSSR count). The van der Waals surface area contributed by atoms with E-state index in [2.05, 4.69) is 34.5 Å². The van der Waals surface area contributed by atoms with E-state index in [0.29, 0.717) is 24.0 Å². The molecule has 0 atom stereocenters. The molecular weight excluding hydrogens is 432 g/mol. The highest BCUT2D eigenvalue weighted by atomic mass is 79.9. The second-order valence-electron chi connectivity index (χ2n) is 8.91. The highest BCUT2D eigenvalue weighted by Crippen LogP contribution is 2.39. The summed E-state index contributed by atoms with van der Waals surface area (Å²) in [6, 6.07) is 11.2. The molecule has 0 unspecified atom stereocenters. The molecule has 0 heterocycles. The number of halogens is 1. The number of esters is 1. The fourth-order valence-electron chi connectivity index (χ4n) is 4.13. The Labute approximate surface area is 179 Å². The predicted molar refractivity (Wildman–Crippen MR) is 116 cm³/mol. The van der Waals surface area contributed by atoms with E-state index < -0.39 is 5.97 Å². The van der Waals surface area contributed by atoms with Crippen molar-refractivity contribution in [3.8, 4) is 0 Å². The largest absolute Gasteiger partial charge is 0.465 e. The number of hydrogen-bond acceptors (Lipinski definition) is 4. The Kier molecular flexibility index (Phi) is 5.56. The molecule has 0 spiro atoms. The summed E-state index contributed by atoms with van der Waals surface area (Å²) >= 11 is 3.38. The number of ketones is 2. The quantitative estimate of drug-likeness (QED) is 0.520. The normalized spacial score (nSPS) is 17.9. The van der Waals surface area contributed by atoms with E-state index in [0.717, 1.165) is 15.6 Å². The van der Waals surface area contributed by atoms with Gasteiger partial charge in [-0.05, 0) is 46.2 Å². The lowest BCUT2D eigenvalue weighted by Gasteiger charge is -2.17. The number of benzene rings is 2. The lowest BCUT2D eigenvalue weighted by Crippen LogP contribution is -2.12. The van der Waals surface area contributed by atoms with Crippen LogP contribution >= 0.6 is 15.9 Å². The van der Waals surface area contributed by atoms with Crippen molar-refractivity contribution < 1.29 is 19.1 Å². The van der Waals surface area contributed by atoms with Crippen LogP contribution in [0, 0.1) is 0 Å². The lowest BCUT2D eigenvalue weighted by molar-refractivity contribution is 0.0600. The van der Waals surface area contributed by atoms with Gasteiger partial charge in [-0.1, -0.05) is 55.8 Å². The molecule has 2 aromatic carbocycles. The molecule has 2 aromatic rings. The molecule has 0 saturated carbocycles. The van der Waals surface area contributed by atoms with Crippen molar-refractivity contribution in [2.24, 2.45) is 0 Å². The SMILES string of the molecule is CC1(C)CC(=O)c2cc(Br)ccc21.COC(=O)c1ccc2c(c1)C(=O)CC2(C)C. The van der Waals surface area contributed by atoms with E-state index in [1.807, 2.05) is 38.1 Å².